The van der Waals surface area contributed by atoms with Crippen molar-refractivity contribution in [1.82, 2.24) is 0 Å². The van der Waals surface area contributed by atoms with Crippen molar-refractivity contribution in [2.24, 2.45) is 5.92 Å². The van der Waals surface area contributed by atoms with Crippen LogP contribution in [-0.4, -0.2) is 29.8 Å². The van der Waals surface area contributed by atoms with E-state index in [-0.39, 0.29) is 24.4 Å². The van der Waals surface area contributed by atoms with Crippen molar-refractivity contribution in [3.8, 4) is 0 Å². The monoisotopic (exact) mass is 370 g/mol. The van der Waals surface area contributed by atoms with Crippen LogP contribution in [0.3, 0.4) is 0 Å². The Kier molecular flexibility index (Phi) is 5.34. The summed E-state index contributed by atoms with van der Waals surface area (Å²) < 4.78 is 38.3. The van der Waals surface area contributed by atoms with Crippen molar-refractivity contribution in [1.29, 1.82) is 0 Å². The average molecular weight is 370 g/mol. The van der Waals surface area contributed by atoms with E-state index >= 15 is 0 Å². The number of rotatable bonds is 6. The number of carbonyl (C=O) groups is 1. The summed E-state index contributed by atoms with van der Waals surface area (Å²) >= 11 is 0. The van der Waals surface area contributed by atoms with Crippen molar-refractivity contribution in [3.05, 3.63) is 23.8 Å². The third-order valence-electron chi connectivity index (χ3n) is 5.55. The summed E-state index contributed by atoms with van der Waals surface area (Å²) in [7, 11) is 0. The molecule has 2 saturated carbocycles. The normalized spacial score (nSPS) is 23.7. The first kappa shape index (κ1) is 18.9. The van der Waals surface area contributed by atoms with Crippen molar-refractivity contribution in [2.75, 3.05) is 17.2 Å². The SMILES string of the molecule is Nc1cc([C@H]2C[C@H]2C(=O)O)ccc1N(CCC(F)(F)F)C1CCCCC1. The first-order chi connectivity index (χ1) is 12.3. The first-order valence-electron chi connectivity index (χ1n) is 9.22. The molecule has 0 saturated heterocycles. The molecule has 2 fully saturated rings. The van der Waals surface area contributed by atoms with Crippen LogP contribution in [0.5, 0.6) is 0 Å². The number of hydrogen-bond donors (Lipinski definition) is 2. The van der Waals surface area contributed by atoms with Crippen LogP contribution in [0.25, 0.3) is 0 Å². The Hall–Kier alpha value is -1.92. The number of halogens is 3. The van der Waals surface area contributed by atoms with E-state index in [0.717, 1.165) is 37.7 Å². The topological polar surface area (TPSA) is 66.6 Å². The minimum absolute atomic E-state index is 0.0397. The van der Waals surface area contributed by atoms with E-state index < -0.39 is 18.6 Å². The lowest BCUT2D eigenvalue weighted by atomic mass is 9.93. The van der Waals surface area contributed by atoms with Gasteiger partial charge in [-0.1, -0.05) is 25.3 Å². The summed E-state index contributed by atoms with van der Waals surface area (Å²) in [6.07, 6.45) is 0.441. The van der Waals surface area contributed by atoms with Crippen molar-refractivity contribution < 1.29 is 23.1 Å². The molecule has 3 rings (SSSR count). The van der Waals surface area contributed by atoms with Crippen LogP contribution in [-0.2, 0) is 4.79 Å². The van der Waals surface area contributed by atoms with Gasteiger partial charge in [-0.25, -0.2) is 0 Å². The molecular weight excluding hydrogens is 345 g/mol. The Morgan fingerprint density at radius 2 is 1.92 bits per heavy atom. The third-order valence-corrected chi connectivity index (χ3v) is 5.55. The Labute approximate surface area is 151 Å². The molecule has 7 heteroatoms. The van der Waals surface area contributed by atoms with Crippen LogP contribution in [0.2, 0.25) is 0 Å². The molecule has 0 amide bonds. The number of anilines is 2. The molecule has 0 spiro atoms. The van der Waals surface area contributed by atoms with Gasteiger partial charge >= 0.3 is 12.1 Å². The molecule has 1 aromatic rings. The molecule has 0 radical (unpaired) electrons. The van der Waals surface area contributed by atoms with Gasteiger partial charge in [0.1, 0.15) is 0 Å². The number of carboxylic acid groups (broad SMARTS) is 1. The summed E-state index contributed by atoms with van der Waals surface area (Å²) in [6, 6.07) is 5.41. The van der Waals surface area contributed by atoms with Crippen LogP contribution in [0.4, 0.5) is 24.5 Å². The Bertz CT molecular complexity index is 657. The van der Waals surface area contributed by atoms with Gasteiger partial charge in [0, 0.05) is 12.6 Å². The Morgan fingerprint density at radius 3 is 2.46 bits per heavy atom. The lowest BCUT2D eigenvalue weighted by molar-refractivity contribution is -0.138. The zero-order valence-corrected chi connectivity index (χ0v) is 14.6. The molecular formula is C19H25F3N2O2. The first-order valence-corrected chi connectivity index (χ1v) is 9.22. The van der Waals surface area contributed by atoms with Crippen LogP contribution in [0, 0.1) is 5.92 Å². The minimum atomic E-state index is -4.20. The lowest BCUT2D eigenvalue weighted by Gasteiger charge is -2.37. The Balaban J connectivity index is 1.79. The maximum Gasteiger partial charge on any atom is 0.390 e. The highest BCUT2D eigenvalue weighted by Gasteiger charge is 2.44. The molecule has 2 atom stereocenters. The molecule has 144 valence electrons. The molecule has 2 aliphatic carbocycles. The molecule has 4 nitrogen and oxygen atoms in total. The molecule has 26 heavy (non-hydrogen) atoms. The summed E-state index contributed by atoms with van der Waals surface area (Å²) in [5.74, 6) is -1.23. The smallest absolute Gasteiger partial charge is 0.390 e. The quantitative estimate of drug-likeness (QED) is 0.721. The summed E-state index contributed by atoms with van der Waals surface area (Å²) in [5, 5.41) is 9.07. The van der Waals surface area contributed by atoms with Crippen LogP contribution in [0.1, 0.15) is 56.4 Å². The van der Waals surface area contributed by atoms with Gasteiger partial charge in [-0.2, -0.15) is 13.2 Å². The lowest BCUT2D eigenvalue weighted by Crippen LogP contribution is -2.39. The van der Waals surface area contributed by atoms with E-state index in [2.05, 4.69) is 0 Å². The summed E-state index contributed by atoms with van der Waals surface area (Å²) in [6.45, 7) is -0.0983. The van der Waals surface area contributed by atoms with E-state index in [9.17, 15) is 18.0 Å². The minimum Gasteiger partial charge on any atom is -0.481 e. The second-order valence-corrected chi connectivity index (χ2v) is 7.46. The van der Waals surface area contributed by atoms with Gasteiger partial charge in [0.05, 0.1) is 23.7 Å². The van der Waals surface area contributed by atoms with E-state index in [4.69, 9.17) is 10.8 Å². The van der Waals surface area contributed by atoms with Gasteiger partial charge in [-0.05, 0) is 42.9 Å². The van der Waals surface area contributed by atoms with Crippen molar-refractivity contribution in [2.45, 2.75) is 63.1 Å². The molecule has 2 aliphatic rings. The highest BCUT2D eigenvalue weighted by atomic mass is 19.4. The van der Waals surface area contributed by atoms with Crippen LogP contribution < -0.4 is 10.6 Å². The predicted molar refractivity (Wildman–Crippen MR) is 94.2 cm³/mol. The standard InChI is InChI=1S/C19H25F3N2O2/c20-19(21,22)8-9-24(13-4-2-1-3-5-13)17-7-6-12(10-16(17)23)14-11-15(14)18(25)26/h6-7,10,13-15H,1-5,8-9,11,23H2,(H,25,26)/t14-,15-/m1/s1. The molecule has 3 N–H and O–H groups in total. The largest absolute Gasteiger partial charge is 0.481 e. The number of nitrogen functional groups attached to an aromatic ring is 1. The van der Waals surface area contributed by atoms with E-state index in [1.54, 1.807) is 12.1 Å². The highest BCUT2D eigenvalue weighted by Crippen LogP contribution is 2.48. The van der Waals surface area contributed by atoms with Crippen molar-refractivity contribution >= 4 is 17.3 Å². The number of hydrogen-bond acceptors (Lipinski definition) is 3. The zero-order chi connectivity index (χ0) is 18.9. The number of carboxylic acids is 1. The molecule has 0 aromatic heterocycles. The van der Waals surface area contributed by atoms with Gasteiger partial charge < -0.3 is 15.7 Å². The van der Waals surface area contributed by atoms with Crippen molar-refractivity contribution in [3.63, 3.8) is 0 Å². The van der Waals surface area contributed by atoms with Crippen LogP contribution >= 0.6 is 0 Å². The van der Waals surface area contributed by atoms with Crippen LogP contribution in [0.15, 0.2) is 18.2 Å². The van der Waals surface area contributed by atoms with Gasteiger partial charge in [0.15, 0.2) is 0 Å². The number of nitrogens with two attached hydrogens (primary N) is 1. The fourth-order valence-electron chi connectivity index (χ4n) is 4.04. The van der Waals surface area contributed by atoms with Gasteiger partial charge in [-0.3, -0.25) is 4.79 Å². The number of benzene rings is 1. The maximum absolute atomic E-state index is 12.8. The van der Waals surface area contributed by atoms with Gasteiger partial charge in [0.25, 0.3) is 0 Å². The molecule has 0 unspecified atom stereocenters. The second kappa shape index (κ2) is 7.37. The van der Waals surface area contributed by atoms with E-state index in [0.29, 0.717) is 17.8 Å². The molecule has 0 bridgehead atoms. The predicted octanol–water partition coefficient (Wildman–Crippen LogP) is 4.55. The zero-order valence-electron chi connectivity index (χ0n) is 14.6. The number of nitrogens with zero attached hydrogens (tertiary/aromatic N) is 1. The second-order valence-electron chi connectivity index (χ2n) is 7.46. The molecule has 0 aliphatic heterocycles. The van der Waals surface area contributed by atoms with Gasteiger partial charge in [0.2, 0.25) is 0 Å². The number of alkyl halides is 3. The van der Waals surface area contributed by atoms with Gasteiger partial charge in [-0.15, -0.1) is 0 Å². The average Bonchev–Trinajstić information content (AvgIpc) is 3.37. The fourth-order valence-corrected chi connectivity index (χ4v) is 4.04. The fraction of sp³-hybridized carbons (Fsp3) is 0.632. The molecule has 1 aromatic carbocycles. The summed E-state index contributed by atoms with van der Waals surface area (Å²) in [4.78, 5) is 12.9. The highest BCUT2D eigenvalue weighted by molar-refractivity contribution is 5.76. The maximum atomic E-state index is 12.8. The summed E-state index contributed by atoms with van der Waals surface area (Å²) in [5.41, 5.74) is 8.12. The van der Waals surface area contributed by atoms with E-state index in [1.165, 1.54) is 0 Å². The molecule has 0 heterocycles. The number of aliphatic carboxylic acids is 1. The van der Waals surface area contributed by atoms with E-state index in [1.807, 2.05) is 11.0 Å². The Morgan fingerprint density at radius 1 is 1.23 bits per heavy atom. The third kappa shape index (κ3) is 4.43.